The van der Waals surface area contributed by atoms with E-state index in [-0.39, 0.29) is 24.0 Å². The minimum Gasteiger partial charge on any atom is -0.462 e. The third-order valence-corrected chi connectivity index (χ3v) is 11.4. The van der Waals surface area contributed by atoms with Crippen molar-refractivity contribution >= 4 is 17.8 Å². The number of rotatable bonds is 17. The van der Waals surface area contributed by atoms with E-state index in [2.05, 4.69) is 135 Å². The Labute approximate surface area is 407 Å². The molecule has 0 aliphatic carbocycles. The van der Waals surface area contributed by atoms with Crippen LogP contribution >= 0.6 is 0 Å². The summed E-state index contributed by atoms with van der Waals surface area (Å²) < 4.78 is 10.9. The number of nitrogens with one attached hydrogen (secondary N) is 1. The van der Waals surface area contributed by atoms with Gasteiger partial charge in [0.2, 0.25) is 0 Å². The smallest absolute Gasteiger partial charge is 0.338 e. The number of amidine groups is 1. The highest BCUT2D eigenvalue weighted by atomic mass is 16.5. The molecule has 0 aromatic heterocycles. The SMILES string of the molecule is C=CCCCOC(=O)c1cccc(C#Cc2ccc(-c3cccc(-c4ccc(C#Cc5cccc(C(=O)OCCCC=C)c5)cc4)c3C(=N[C@H](C)c3ccccc3)N[C@H](C)c3ccccc3)cc2)c1. The second-order valence-corrected chi connectivity index (χ2v) is 16.5. The highest BCUT2D eigenvalue weighted by molar-refractivity contribution is 6.10. The van der Waals surface area contributed by atoms with Crippen LogP contribution in [0.1, 0.15) is 111 Å². The van der Waals surface area contributed by atoms with Gasteiger partial charge in [-0.3, -0.25) is 4.99 Å². The van der Waals surface area contributed by atoms with Crippen molar-refractivity contribution in [2.24, 2.45) is 4.99 Å². The first-order valence-electron chi connectivity index (χ1n) is 23.4. The van der Waals surface area contributed by atoms with Crippen molar-refractivity contribution in [3.63, 3.8) is 0 Å². The van der Waals surface area contributed by atoms with Crippen LogP contribution in [0.3, 0.4) is 0 Å². The molecule has 0 aliphatic heterocycles. The van der Waals surface area contributed by atoms with E-state index in [0.29, 0.717) is 24.3 Å². The summed E-state index contributed by atoms with van der Waals surface area (Å²) in [6.07, 6.45) is 6.68. The maximum atomic E-state index is 12.7. The van der Waals surface area contributed by atoms with Gasteiger partial charge in [-0.25, -0.2) is 9.59 Å². The number of carbonyl (C=O) groups is 2. The van der Waals surface area contributed by atoms with Crippen molar-refractivity contribution in [1.29, 1.82) is 0 Å². The summed E-state index contributed by atoms with van der Waals surface area (Å²) in [4.78, 5) is 30.9. The number of carbonyl (C=O) groups excluding carboxylic acids is 2. The van der Waals surface area contributed by atoms with E-state index in [1.54, 1.807) is 24.3 Å². The Hall–Kier alpha value is -8.45. The number of nitrogens with zero attached hydrogens (tertiary/aromatic N) is 1. The molecule has 7 aromatic carbocycles. The van der Waals surface area contributed by atoms with Crippen LogP contribution in [0.2, 0.25) is 0 Å². The molecule has 0 saturated carbocycles. The largest absolute Gasteiger partial charge is 0.462 e. The van der Waals surface area contributed by atoms with Gasteiger partial charge in [0.1, 0.15) is 5.84 Å². The molecular formula is C63H56N2O4. The Morgan fingerprint density at radius 3 is 1.43 bits per heavy atom. The topological polar surface area (TPSA) is 77.0 Å². The number of hydrogen-bond donors (Lipinski definition) is 1. The van der Waals surface area contributed by atoms with Crippen LogP contribution < -0.4 is 5.32 Å². The predicted molar refractivity (Wildman–Crippen MR) is 281 cm³/mol. The molecule has 0 heterocycles. The third-order valence-electron chi connectivity index (χ3n) is 11.4. The van der Waals surface area contributed by atoms with Gasteiger partial charge >= 0.3 is 11.9 Å². The summed E-state index contributed by atoms with van der Waals surface area (Å²) in [7, 11) is 0. The van der Waals surface area contributed by atoms with Crippen molar-refractivity contribution in [3.8, 4) is 45.9 Å². The second-order valence-electron chi connectivity index (χ2n) is 16.5. The van der Waals surface area contributed by atoms with E-state index in [0.717, 1.165) is 92.7 Å². The molecule has 0 unspecified atom stereocenters. The molecule has 342 valence electrons. The zero-order valence-electron chi connectivity index (χ0n) is 39.3. The van der Waals surface area contributed by atoms with E-state index in [1.807, 2.05) is 84.9 Å². The standard InChI is InChI=1S/C63H56N2O4/c1-5-7-15-42-68-62(66)56-26-17-20-50(44-56)32-30-48-34-38-54(39-35-48)58-28-19-29-59(60(58)61(64-46(3)52-22-11-9-12-23-52)65-47(4)53-24-13-10-14-25-53)55-40-36-49(37-41-55)31-33-51-21-18-27-57(45-51)63(67)69-43-16-8-6-2/h5-6,9-14,17-29,34-41,44-47H,1-2,7-8,15-16,42-43H2,3-4H3,(H,64,65)/t46-,47-/m1/s1. The molecule has 0 aliphatic rings. The van der Waals surface area contributed by atoms with Gasteiger partial charge in [-0.1, -0.05) is 151 Å². The Kier molecular flexibility index (Phi) is 17.5. The van der Waals surface area contributed by atoms with Gasteiger partial charge in [0.05, 0.1) is 30.4 Å². The molecule has 6 nitrogen and oxygen atoms in total. The van der Waals surface area contributed by atoms with Crippen LogP contribution in [0.5, 0.6) is 0 Å². The van der Waals surface area contributed by atoms with Crippen molar-refractivity contribution < 1.29 is 19.1 Å². The molecule has 0 saturated heterocycles. The highest BCUT2D eigenvalue weighted by Gasteiger charge is 2.21. The lowest BCUT2D eigenvalue weighted by molar-refractivity contribution is 0.0492. The Balaban J connectivity index is 1.24. The summed E-state index contributed by atoms with van der Waals surface area (Å²) in [5, 5.41) is 3.86. The molecule has 0 amide bonds. The average Bonchev–Trinajstić information content (AvgIpc) is 3.40. The van der Waals surface area contributed by atoms with Gasteiger partial charge in [-0.15, -0.1) is 13.2 Å². The molecular weight excluding hydrogens is 849 g/mol. The van der Waals surface area contributed by atoms with E-state index in [9.17, 15) is 9.59 Å². The molecule has 6 heteroatoms. The summed E-state index contributed by atoms with van der Waals surface area (Å²) in [6.45, 7) is 12.4. The van der Waals surface area contributed by atoms with Gasteiger partial charge in [-0.05, 0) is 134 Å². The first-order valence-corrected chi connectivity index (χ1v) is 23.4. The fraction of sp³-hybridized carbons (Fsp3) is 0.159. The molecule has 69 heavy (non-hydrogen) atoms. The van der Waals surface area contributed by atoms with Crippen molar-refractivity contribution in [2.45, 2.75) is 51.6 Å². The molecule has 7 rings (SSSR count). The summed E-state index contributed by atoms with van der Waals surface area (Å²) in [6, 6.07) is 57.8. The predicted octanol–water partition coefficient (Wildman–Crippen LogP) is 13.9. The highest BCUT2D eigenvalue weighted by Crippen LogP contribution is 2.35. The first-order chi connectivity index (χ1) is 33.8. The van der Waals surface area contributed by atoms with E-state index >= 15 is 0 Å². The lowest BCUT2D eigenvalue weighted by atomic mass is 9.89. The van der Waals surface area contributed by atoms with Crippen LogP contribution in [0, 0.1) is 23.7 Å². The quantitative estimate of drug-likeness (QED) is 0.0246. The van der Waals surface area contributed by atoms with Gasteiger partial charge in [0.15, 0.2) is 0 Å². The number of esters is 2. The number of ether oxygens (including phenoxy) is 2. The summed E-state index contributed by atoms with van der Waals surface area (Å²) >= 11 is 0. The van der Waals surface area contributed by atoms with Crippen LogP contribution in [0.15, 0.2) is 206 Å². The third kappa shape index (κ3) is 13.8. The number of aliphatic imine (C=N–C) groups is 1. The minimum absolute atomic E-state index is 0.0700. The lowest BCUT2D eigenvalue weighted by Gasteiger charge is -2.24. The van der Waals surface area contributed by atoms with Gasteiger partial charge in [-0.2, -0.15) is 0 Å². The van der Waals surface area contributed by atoms with Crippen molar-refractivity contribution in [2.75, 3.05) is 13.2 Å². The fourth-order valence-corrected chi connectivity index (χ4v) is 7.65. The van der Waals surface area contributed by atoms with Gasteiger partial charge in [0, 0.05) is 33.9 Å². The molecule has 0 bridgehead atoms. The number of allylic oxidation sites excluding steroid dienone is 2. The van der Waals surface area contributed by atoms with Crippen LogP contribution in [-0.4, -0.2) is 31.0 Å². The number of unbranched alkanes of at least 4 members (excludes halogenated alkanes) is 2. The Bertz CT molecular complexity index is 2870. The average molecular weight is 905 g/mol. The molecule has 0 spiro atoms. The van der Waals surface area contributed by atoms with Gasteiger partial charge in [0.25, 0.3) is 0 Å². The maximum absolute atomic E-state index is 12.7. The zero-order chi connectivity index (χ0) is 48.2. The number of hydrogen-bond acceptors (Lipinski definition) is 5. The van der Waals surface area contributed by atoms with Crippen LogP contribution in [-0.2, 0) is 9.47 Å². The van der Waals surface area contributed by atoms with Crippen molar-refractivity contribution in [1.82, 2.24) is 5.32 Å². The molecule has 1 N–H and O–H groups in total. The van der Waals surface area contributed by atoms with Crippen LogP contribution in [0.4, 0.5) is 0 Å². The molecule has 2 atom stereocenters. The molecule has 0 fully saturated rings. The van der Waals surface area contributed by atoms with Crippen molar-refractivity contribution in [3.05, 3.63) is 251 Å². The van der Waals surface area contributed by atoms with Gasteiger partial charge < -0.3 is 14.8 Å². The molecule has 0 radical (unpaired) electrons. The lowest BCUT2D eigenvalue weighted by Crippen LogP contribution is -2.29. The molecule has 7 aromatic rings. The monoisotopic (exact) mass is 904 g/mol. The first kappa shape index (κ1) is 48.5. The van der Waals surface area contributed by atoms with E-state index in [4.69, 9.17) is 14.5 Å². The Morgan fingerprint density at radius 1 is 0.536 bits per heavy atom. The normalized spacial score (nSPS) is 11.7. The maximum Gasteiger partial charge on any atom is 0.338 e. The minimum atomic E-state index is -0.363. The van der Waals surface area contributed by atoms with Crippen LogP contribution in [0.25, 0.3) is 22.3 Å². The zero-order valence-corrected chi connectivity index (χ0v) is 39.3. The van der Waals surface area contributed by atoms with E-state index in [1.165, 1.54) is 0 Å². The fourth-order valence-electron chi connectivity index (χ4n) is 7.65. The summed E-state index contributed by atoms with van der Waals surface area (Å²) in [5.41, 5.74) is 11.2. The summed E-state index contributed by atoms with van der Waals surface area (Å²) in [5.74, 6) is 13.1. The second kappa shape index (κ2) is 24.9. The van der Waals surface area contributed by atoms with E-state index < -0.39 is 0 Å². The Morgan fingerprint density at radius 2 is 0.971 bits per heavy atom. The number of benzene rings is 7.